The van der Waals surface area contributed by atoms with Crippen molar-refractivity contribution in [3.05, 3.63) is 131 Å². The predicted octanol–water partition coefficient (Wildman–Crippen LogP) is 6.91. The molecular formula is C33H26N4. The summed E-state index contributed by atoms with van der Waals surface area (Å²) in [7, 11) is 0. The van der Waals surface area contributed by atoms with E-state index < -0.39 is 0 Å². The fourth-order valence-electron chi connectivity index (χ4n) is 5.54. The summed E-state index contributed by atoms with van der Waals surface area (Å²) in [5.74, 6) is 1.59. The molecule has 4 nitrogen and oxygen atoms in total. The van der Waals surface area contributed by atoms with Crippen LogP contribution in [0.25, 0.3) is 22.7 Å². The van der Waals surface area contributed by atoms with Gasteiger partial charge in [0.1, 0.15) is 12.0 Å². The Morgan fingerprint density at radius 3 is 2.70 bits per heavy atom. The van der Waals surface area contributed by atoms with Gasteiger partial charge in [-0.3, -0.25) is 0 Å². The van der Waals surface area contributed by atoms with E-state index in [-0.39, 0.29) is 6.17 Å². The highest BCUT2D eigenvalue weighted by molar-refractivity contribution is 6.14. The Bertz CT molecular complexity index is 1630. The predicted molar refractivity (Wildman–Crippen MR) is 151 cm³/mol. The Morgan fingerprint density at radius 2 is 1.81 bits per heavy atom. The van der Waals surface area contributed by atoms with Crippen molar-refractivity contribution in [2.75, 3.05) is 0 Å². The van der Waals surface area contributed by atoms with Gasteiger partial charge in [-0.05, 0) is 67.7 Å². The number of hydrogen-bond donors (Lipinski definition) is 1. The van der Waals surface area contributed by atoms with Crippen LogP contribution in [0.3, 0.4) is 0 Å². The van der Waals surface area contributed by atoms with Crippen LogP contribution in [-0.2, 0) is 6.42 Å². The summed E-state index contributed by atoms with van der Waals surface area (Å²) in [6.45, 7) is 0. The van der Waals surface area contributed by atoms with Gasteiger partial charge in [-0.2, -0.15) is 0 Å². The van der Waals surface area contributed by atoms with Crippen molar-refractivity contribution in [1.82, 2.24) is 9.88 Å². The zero-order chi connectivity index (χ0) is 24.6. The standard InChI is InChI=1S/C33H26N4/c1-3-12-23(13-4-1)31-34-32(24-14-5-2-6-15-24)36-33(35-31)25-16-11-17-26(22-25)37-29-20-9-7-18-27(29)28-19-8-10-21-30(28)37/h1,3-5,7,9-10,12-16,18,20-22,32H,8,11,17,19H2,(H,34,35,36). The second-order valence-corrected chi connectivity index (χ2v) is 9.58. The largest absolute Gasteiger partial charge is 0.344 e. The van der Waals surface area contributed by atoms with Gasteiger partial charge in [-0.1, -0.05) is 72.8 Å². The lowest BCUT2D eigenvalue weighted by molar-refractivity contribution is 0.674. The van der Waals surface area contributed by atoms with Gasteiger partial charge >= 0.3 is 0 Å². The normalized spacial score (nSPS) is 18.6. The molecule has 0 bridgehead atoms. The van der Waals surface area contributed by atoms with Gasteiger partial charge in [0.05, 0.1) is 5.52 Å². The van der Waals surface area contributed by atoms with Crippen LogP contribution in [0.15, 0.2) is 107 Å². The van der Waals surface area contributed by atoms with Crippen molar-refractivity contribution in [2.45, 2.75) is 31.8 Å². The van der Waals surface area contributed by atoms with Gasteiger partial charge < -0.3 is 9.88 Å². The third kappa shape index (κ3) is 3.90. The molecule has 7 rings (SSSR count). The molecule has 1 atom stereocenters. The molecule has 2 aliphatic carbocycles. The molecular weight excluding hydrogens is 452 g/mol. The molecule has 4 aromatic rings. The smallest absolute Gasteiger partial charge is 0.159 e. The number of amidine groups is 2. The molecule has 2 heterocycles. The fraction of sp³-hybridized carbons (Fsp3) is 0.152. The van der Waals surface area contributed by atoms with E-state index in [1.165, 1.54) is 27.9 Å². The van der Waals surface area contributed by atoms with Gasteiger partial charge in [-0.15, -0.1) is 0 Å². The Kier molecular flexibility index (Phi) is 5.33. The van der Waals surface area contributed by atoms with Crippen LogP contribution < -0.4 is 5.32 Å². The first-order chi connectivity index (χ1) is 18.3. The number of aromatic nitrogens is 1. The van der Waals surface area contributed by atoms with Crippen molar-refractivity contribution in [3.8, 4) is 0 Å². The number of allylic oxidation sites excluding steroid dienone is 3. The minimum Gasteiger partial charge on any atom is -0.344 e. The Balaban J connectivity index is 1.34. The minimum absolute atomic E-state index is 0.240. The number of nitrogens with zero attached hydrogens (tertiary/aromatic N) is 3. The topological polar surface area (TPSA) is 41.7 Å². The molecule has 1 aliphatic heterocycles. The van der Waals surface area contributed by atoms with E-state index in [1.807, 2.05) is 36.4 Å². The van der Waals surface area contributed by atoms with E-state index >= 15 is 0 Å². The molecule has 0 spiro atoms. The van der Waals surface area contributed by atoms with Crippen LogP contribution in [0.2, 0.25) is 0 Å². The number of para-hydroxylation sites is 1. The summed E-state index contributed by atoms with van der Waals surface area (Å²) in [6.07, 6.45) is 13.0. The number of benzene rings is 2. The number of aryl methyl sites for hydroxylation is 1. The van der Waals surface area contributed by atoms with E-state index in [4.69, 9.17) is 9.98 Å². The number of rotatable bonds is 4. The molecule has 1 aromatic heterocycles. The average Bonchev–Trinajstić information content (AvgIpc) is 3.32. The third-order valence-electron chi connectivity index (χ3n) is 7.28. The van der Waals surface area contributed by atoms with Crippen LogP contribution in [0, 0.1) is 12.1 Å². The lowest BCUT2D eigenvalue weighted by atomic mass is 10.00. The highest BCUT2D eigenvalue weighted by Gasteiger charge is 2.24. The lowest BCUT2D eigenvalue weighted by Gasteiger charge is -2.25. The van der Waals surface area contributed by atoms with Gasteiger partial charge in [0.15, 0.2) is 5.84 Å². The second kappa shape index (κ2) is 9.11. The summed E-state index contributed by atoms with van der Waals surface area (Å²) in [6, 6.07) is 31.0. The number of hydrogen-bond acceptors (Lipinski definition) is 3. The second-order valence-electron chi connectivity index (χ2n) is 9.58. The van der Waals surface area contributed by atoms with Gasteiger partial charge in [0.2, 0.25) is 0 Å². The summed E-state index contributed by atoms with van der Waals surface area (Å²) < 4.78 is 2.45. The van der Waals surface area contributed by atoms with Crippen LogP contribution in [0.4, 0.5) is 0 Å². The third-order valence-corrected chi connectivity index (χ3v) is 7.28. The van der Waals surface area contributed by atoms with E-state index in [1.54, 1.807) is 0 Å². The first-order valence-electron chi connectivity index (χ1n) is 12.9. The Labute approximate surface area is 217 Å². The molecule has 1 unspecified atom stereocenters. The average molecular weight is 479 g/mol. The highest BCUT2D eigenvalue weighted by Crippen LogP contribution is 2.36. The highest BCUT2D eigenvalue weighted by atomic mass is 15.2. The summed E-state index contributed by atoms with van der Waals surface area (Å²) in [5, 5.41) is 4.89. The Hall–Kier alpha value is -4.62. The van der Waals surface area contributed by atoms with Crippen LogP contribution in [0.5, 0.6) is 0 Å². The number of nitrogens with one attached hydrogen (secondary N) is 1. The Morgan fingerprint density at radius 1 is 0.919 bits per heavy atom. The molecule has 1 N–H and O–H groups in total. The number of aliphatic imine (C=N–C) groups is 2. The molecule has 3 aromatic carbocycles. The molecule has 37 heavy (non-hydrogen) atoms. The summed E-state index contributed by atoms with van der Waals surface area (Å²) >= 11 is 0. The maximum Gasteiger partial charge on any atom is 0.159 e. The van der Waals surface area contributed by atoms with E-state index in [9.17, 15) is 0 Å². The quantitative estimate of drug-likeness (QED) is 0.340. The molecule has 0 radical (unpaired) electrons. The van der Waals surface area contributed by atoms with Crippen LogP contribution >= 0.6 is 0 Å². The molecule has 0 saturated carbocycles. The minimum atomic E-state index is -0.240. The maximum absolute atomic E-state index is 5.07. The first-order valence-corrected chi connectivity index (χ1v) is 12.9. The van der Waals surface area contributed by atoms with Crippen molar-refractivity contribution in [2.24, 2.45) is 9.98 Å². The van der Waals surface area contributed by atoms with Crippen molar-refractivity contribution >= 4 is 34.3 Å². The zero-order valence-electron chi connectivity index (χ0n) is 20.5. The van der Waals surface area contributed by atoms with Crippen molar-refractivity contribution in [1.29, 1.82) is 0 Å². The van der Waals surface area contributed by atoms with E-state index in [0.717, 1.165) is 54.1 Å². The van der Waals surface area contributed by atoms with Crippen LogP contribution in [-0.4, -0.2) is 16.2 Å². The molecule has 0 fully saturated rings. The molecule has 178 valence electrons. The first kappa shape index (κ1) is 21.6. The lowest BCUT2D eigenvalue weighted by Crippen LogP contribution is -2.33. The van der Waals surface area contributed by atoms with Crippen molar-refractivity contribution < 1.29 is 0 Å². The van der Waals surface area contributed by atoms with E-state index in [0.29, 0.717) is 0 Å². The molecule has 0 saturated heterocycles. The van der Waals surface area contributed by atoms with Crippen LogP contribution in [0.1, 0.15) is 47.8 Å². The molecule has 3 aliphatic rings. The SMILES string of the molecule is c1ccc(C2N=C(C3=CCCC(n4c5c(c6ccccc64)CCC=C5)=C3)N=C(c3ccccc3)N2)cc#1. The molecule has 0 amide bonds. The fourth-order valence-corrected chi connectivity index (χ4v) is 5.54. The maximum atomic E-state index is 5.07. The molecule has 4 heteroatoms. The summed E-state index contributed by atoms with van der Waals surface area (Å²) in [4.78, 5) is 10.1. The van der Waals surface area contributed by atoms with Gasteiger partial charge in [0.25, 0.3) is 0 Å². The zero-order valence-corrected chi connectivity index (χ0v) is 20.5. The van der Waals surface area contributed by atoms with Gasteiger partial charge in [0, 0.05) is 33.5 Å². The van der Waals surface area contributed by atoms with Crippen molar-refractivity contribution in [3.63, 3.8) is 0 Å². The summed E-state index contributed by atoms with van der Waals surface area (Å²) in [5.41, 5.74) is 8.49. The van der Waals surface area contributed by atoms with Gasteiger partial charge in [-0.25, -0.2) is 9.98 Å². The number of fused-ring (bicyclic) bond motifs is 3. The van der Waals surface area contributed by atoms with E-state index in [2.05, 4.69) is 82.7 Å². The monoisotopic (exact) mass is 478 g/mol.